The fourth-order valence-corrected chi connectivity index (χ4v) is 3.32. The van der Waals surface area contributed by atoms with Gasteiger partial charge < -0.3 is 20.0 Å². The molecule has 136 valence electrons. The average Bonchev–Trinajstić information content (AvgIpc) is 2.91. The van der Waals surface area contributed by atoms with Crippen LogP contribution in [0, 0.1) is 6.92 Å². The minimum Gasteiger partial charge on any atom is -0.544 e. The molecular weight excluding hydrogens is 336 g/mol. The topological polar surface area (TPSA) is 74.3 Å². The Bertz CT molecular complexity index is 748. The summed E-state index contributed by atoms with van der Waals surface area (Å²) in [5, 5.41) is 14.6. The van der Waals surface area contributed by atoms with E-state index >= 15 is 0 Å². The molecule has 1 heterocycles. The third kappa shape index (κ3) is 4.95. The van der Waals surface area contributed by atoms with Gasteiger partial charge in [-0.1, -0.05) is 51.2 Å². The fraction of sp³-hybridized carbons (Fsp3) is 0.474. The van der Waals surface area contributed by atoms with Crippen molar-refractivity contribution in [3.8, 4) is 5.75 Å². The molecule has 1 aromatic carbocycles. The molecule has 0 amide bonds. The molecule has 0 bridgehead atoms. The van der Waals surface area contributed by atoms with Crippen LogP contribution in [0.3, 0.4) is 0 Å². The molecule has 2 aromatic rings. The van der Waals surface area contributed by atoms with Crippen LogP contribution in [-0.2, 0) is 11.8 Å². The number of nitrogens with one attached hydrogen (secondary N) is 1. The number of hydrogen-bond donors (Lipinski definition) is 1. The van der Waals surface area contributed by atoms with Crippen LogP contribution in [0.2, 0.25) is 0 Å². The summed E-state index contributed by atoms with van der Waals surface area (Å²) in [4.78, 5) is 15.3. The van der Waals surface area contributed by atoms with E-state index in [2.05, 4.69) is 50.1 Å². The Hall–Kier alpha value is -2.08. The first kappa shape index (κ1) is 19.2. The van der Waals surface area contributed by atoms with Crippen molar-refractivity contribution in [2.45, 2.75) is 46.5 Å². The van der Waals surface area contributed by atoms with E-state index in [9.17, 15) is 9.90 Å². The van der Waals surface area contributed by atoms with Crippen molar-refractivity contribution in [3.63, 3.8) is 0 Å². The van der Waals surface area contributed by atoms with E-state index in [4.69, 9.17) is 4.74 Å². The predicted molar refractivity (Wildman–Crippen MR) is 99.7 cm³/mol. The van der Waals surface area contributed by atoms with E-state index in [0.29, 0.717) is 24.0 Å². The van der Waals surface area contributed by atoms with Crippen LogP contribution in [0.5, 0.6) is 5.75 Å². The van der Waals surface area contributed by atoms with Crippen LogP contribution in [0.4, 0.5) is 5.13 Å². The van der Waals surface area contributed by atoms with Gasteiger partial charge in [-0.25, -0.2) is 4.98 Å². The van der Waals surface area contributed by atoms with Gasteiger partial charge in [-0.15, -0.1) is 0 Å². The molecule has 1 N–H and O–H groups in total. The number of carbonyl (C=O) groups excluding carboxylic acids is 1. The Morgan fingerprint density at radius 3 is 2.64 bits per heavy atom. The second kappa shape index (κ2) is 7.87. The Morgan fingerprint density at radius 2 is 2.08 bits per heavy atom. The second-order valence-electron chi connectivity index (χ2n) is 6.93. The molecule has 0 aliphatic carbocycles. The number of nitrogens with zero attached hydrogens (tertiary/aromatic N) is 1. The number of aromatic nitrogens is 1. The predicted octanol–water partition coefficient (Wildman–Crippen LogP) is 3.17. The summed E-state index contributed by atoms with van der Waals surface area (Å²) in [6.45, 7) is 11.3. The number of hydrogen-bond acceptors (Lipinski definition) is 6. The first-order chi connectivity index (χ1) is 11.7. The van der Waals surface area contributed by atoms with Crippen LogP contribution in [0.15, 0.2) is 18.2 Å². The zero-order valence-corrected chi connectivity index (χ0v) is 16.3. The Labute approximate surface area is 153 Å². The number of carboxylic acids is 1. The van der Waals surface area contributed by atoms with Gasteiger partial charge in [0.05, 0.1) is 23.1 Å². The maximum absolute atomic E-state index is 10.9. The lowest BCUT2D eigenvalue weighted by Crippen LogP contribution is -2.21. The first-order valence-electron chi connectivity index (χ1n) is 8.41. The lowest BCUT2D eigenvalue weighted by Gasteiger charge is -2.23. The number of carboxylic acid groups (broad SMARTS) is 1. The largest absolute Gasteiger partial charge is 0.544 e. The molecule has 0 aliphatic rings. The zero-order valence-electron chi connectivity index (χ0n) is 15.4. The molecule has 0 fully saturated rings. The zero-order chi connectivity index (χ0) is 18.6. The molecule has 6 heteroatoms. The highest BCUT2D eigenvalue weighted by atomic mass is 32.1. The summed E-state index contributed by atoms with van der Waals surface area (Å²) in [6, 6.07) is 6.33. The molecule has 0 saturated heterocycles. The van der Waals surface area contributed by atoms with E-state index in [1.165, 1.54) is 11.1 Å². The van der Waals surface area contributed by atoms with Crippen molar-refractivity contribution in [1.82, 2.24) is 4.98 Å². The van der Waals surface area contributed by atoms with Gasteiger partial charge in [-0.05, 0) is 36.0 Å². The van der Waals surface area contributed by atoms with Crippen LogP contribution in [0.1, 0.15) is 54.2 Å². The monoisotopic (exact) mass is 361 g/mol. The normalized spacial score (nSPS) is 11.4. The van der Waals surface area contributed by atoms with Gasteiger partial charge in [0.1, 0.15) is 12.4 Å². The summed E-state index contributed by atoms with van der Waals surface area (Å²) < 4.78 is 5.96. The molecule has 0 saturated carbocycles. The van der Waals surface area contributed by atoms with Crippen LogP contribution >= 0.6 is 11.3 Å². The number of anilines is 1. The third-order valence-corrected chi connectivity index (χ3v) is 4.97. The van der Waals surface area contributed by atoms with Gasteiger partial charge in [0.2, 0.25) is 0 Å². The average molecular weight is 361 g/mol. The van der Waals surface area contributed by atoms with E-state index < -0.39 is 5.97 Å². The number of carbonyl (C=O) groups is 1. The number of thiazole rings is 1. The Morgan fingerprint density at radius 1 is 1.36 bits per heavy atom. The highest BCUT2D eigenvalue weighted by molar-refractivity contribution is 7.17. The van der Waals surface area contributed by atoms with Crippen molar-refractivity contribution >= 4 is 22.4 Å². The van der Waals surface area contributed by atoms with Gasteiger partial charge in [0.15, 0.2) is 5.13 Å². The highest BCUT2D eigenvalue weighted by Gasteiger charge is 2.19. The van der Waals surface area contributed by atoms with Crippen LogP contribution in [-0.4, -0.2) is 24.1 Å². The highest BCUT2D eigenvalue weighted by Crippen LogP contribution is 2.32. The molecule has 2 rings (SSSR count). The van der Waals surface area contributed by atoms with Gasteiger partial charge in [-0.2, -0.15) is 0 Å². The third-order valence-electron chi connectivity index (χ3n) is 3.88. The minimum atomic E-state index is -1.19. The number of aryl methyl sites for hydroxylation is 2. The molecule has 0 atom stereocenters. The second-order valence-corrected chi connectivity index (χ2v) is 7.93. The first-order valence-corrected chi connectivity index (χ1v) is 9.23. The van der Waals surface area contributed by atoms with Crippen LogP contribution < -0.4 is 15.2 Å². The lowest BCUT2D eigenvalue weighted by molar-refractivity contribution is -0.254. The maximum Gasteiger partial charge on any atom is 0.183 e. The van der Waals surface area contributed by atoms with Crippen molar-refractivity contribution in [2.75, 3.05) is 18.5 Å². The summed E-state index contributed by atoms with van der Waals surface area (Å²) in [5.41, 5.74) is 2.96. The van der Waals surface area contributed by atoms with E-state index in [1.807, 2.05) is 6.07 Å². The number of aromatic carboxylic acids is 1. The summed E-state index contributed by atoms with van der Waals surface area (Å²) >= 11 is 1.09. The molecule has 0 spiro atoms. The summed E-state index contributed by atoms with van der Waals surface area (Å²) in [5.74, 6) is -0.303. The van der Waals surface area contributed by atoms with Crippen molar-refractivity contribution in [2.24, 2.45) is 0 Å². The number of ether oxygens (including phenoxy) is 1. The molecule has 0 unspecified atom stereocenters. The maximum atomic E-state index is 10.9. The van der Waals surface area contributed by atoms with Crippen LogP contribution in [0.25, 0.3) is 0 Å². The SMILES string of the molecule is CCc1ccc(OCCNc2nc(C)c(C(=O)[O-])s2)c(C(C)(C)C)c1. The van der Waals surface area contributed by atoms with Crippen molar-refractivity contribution in [1.29, 1.82) is 0 Å². The summed E-state index contributed by atoms with van der Waals surface area (Å²) in [6.07, 6.45) is 0.995. The van der Waals surface area contributed by atoms with E-state index in [-0.39, 0.29) is 10.3 Å². The van der Waals surface area contributed by atoms with Gasteiger partial charge in [0, 0.05) is 0 Å². The molecule has 0 radical (unpaired) electrons. The molecule has 0 aliphatic heterocycles. The fourth-order valence-electron chi connectivity index (χ4n) is 2.49. The molecule has 1 aromatic heterocycles. The quantitative estimate of drug-likeness (QED) is 0.767. The van der Waals surface area contributed by atoms with Crippen molar-refractivity contribution < 1.29 is 14.6 Å². The van der Waals surface area contributed by atoms with E-state index in [0.717, 1.165) is 23.5 Å². The molecule has 5 nitrogen and oxygen atoms in total. The van der Waals surface area contributed by atoms with Gasteiger partial charge >= 0.3 is 0 Å². The van der Waals surface area contributed by atoms with E-state index in [1.54, 1.807) is 6.92 Å². The molecule has 25 heavy (non-hydrogen) atoms. The Balaban J connectivity index is 1.98. The minimum absolute atomic E-state index is 0.00372. The summed E-state index contributed by atoms with van der Waals surface area (Å²) in [7, 11) is 0. The molecular formula is C19H25N2O3S-. The standard InChI is InChI=1S/C19H26N2O3S/c1-6-13-7-8-15(14(11-13)19(3,4)5)24-10-9-20-18-21-12(2)16(25-18)17(22)23/h7-8,11H,6,9-10H2,1-5H3,(H,20,21)(H,22,23)/p-1. The van der Waals surface area contributed by atoms with Gasteiger partial charge in [-0.3, -0.25) is 0 Å². The number of rotatable bonds is 7. The number of benzene rings is 1. The Kier molecular flexibility index (Phi) is 6.06. The van der Waals surface area contributed by atoms with Crippen molar-refractivity contribution in [3.05, 3.63) is 39.9 Å². The van der Waals surface area contributed by atoms with Gasteiger partial charge in [0.25, 0.3) is 0 Å². The lowest BCUT2D eigenvalue weighted by atomic mass is 9.85. The smallest absolute Gasteiger partial charge is 0.183 e.